The van der Waals surface area contributed by atoms with Crippen LogP contribution in [0.4, 0.5) is 5.82 Å². The molecule has 1 unspecified atom stereocenters. The molecule has 13 heteroatoms. The number of anilines is 1. The molecule has 176 valence electrons. The largest absolute Gasteiger partial charge is 0.575 e. The third-order valence-corrected chi connectivity index (χ3v) is 5.27. The number of hydrogen-bond donors (Lipinski definition) is 1. The number of methoxy groups -OCH3 is 1. The smallest absolute Gasteiger partial charge is 0.395 e. The molecule has 12 nitrogen and oxygen atoms in total. The number of fused-ring (bicyclic) bond motifs is 1. The fourth-order valence-electron chi connectivity index (χ4n) is 2.83. The normalized spacial score (nSPS) is 13.5. The van der Waals surface area contributed by atoms with E-state index in [1.54, 1.807) is 35.2 Å². The van der Waals surface area contributed by atoms with E-state index in [1.807, 2.05) is 6.92 Å². The van der Waals surface area contributed by atoms with Crippen LogP contribution in [0.25, 0.3) is 11.2 Å². The van der Waals surface area contributed by atoms with Gasteiger partial charge in [0.05, 0.1) is 19.5 Å². The third kappa shape index (κ3) is 6.58. The molecular weight excluding hydrogens is 451 g/mol. The molecule has 0 saturated carbocycles. The summed E-state index contributed by atoms with van der Waals surface area (Å²) >= 11 is 0. The molecule has 0 spiro atoms. The highest BCUT2D eigenvalue weighted by Gasteiger charge is 2.20. The first kappa shape index (κ1) is 24.3. The van der Waals surface area contributed by atoms with E-state index in [0.717, 1.165) is 0 Å². The number of nitrogen functional groups attached to an aromatic ring is 1. The first-order chi connectivity index (χ1) is 15.9. The van der Waals surface area contributed by atoms with Crippen molar-refractivity contribution in [3.63, 3.8) is 0 Å². The molecule has 2 N–H and O–H groups in total. The lowest BCUT2D eigenvalue weighted by Gasteiger charge is -2.16. The van der Waals surface area contributed by atoms with Crippen molar-refractivity contribution in [2.24, 2.45) is 4.74 Å². The van der Waals surface area contributed by atoms with Crippen LogP contribution in [0.2, 0.25) is 0 Å². The Balaban J connectivity index is 1.64. The van der Waals surface area contributed by atoms with Gasteiger partial charge in [0.25, 0.3) is 0 Å². The second kappa shape index (κ2) is 11.5. The van der Waals surface area contributed by atoms with E-state index >= 15 is 0 Å². The van der Waals surface area contributed by atoms with Gasteiger partial charge < -0.3 is 29.4 Å². The Morgan fingerprint density at radius 3 is 2.73 bits per heavy atom. The summed E-state index contributed by atoms with van der Waals surface area (Å²) in [6, 6.07) is 5.80. The van der Waals surface area contributed by atoms with Crippen LogP contribution in [0.15, 0.2) is 41.7 Å². The van der Waals surface area contributed by atoms with E-state index < -0.39 is 20.2 Å². The second-order valence-corrected chi connectivity index (χ2v) is 7.87. The van der Waals surface area contributed by atoms with Crippen molar-refractivity contribution in [3.8, 4) is 11.5 Å². The summed E-state index contributed by atoms with van der Waals surface area (Å²) < 4.78 is 26.9. The average Bonchev–Trinajstić information content (AvgIpc) is 3.19. The second-order valence-electron chi connectivity index (χ2n) is 6.98. The van der Waals surface area contributed by atoms with Crippen LogP contribution in [0.5, 0.6) is 11.5 Å². The maximum Gasteiger partial charge on any atom is 0.395 e. The summed E-state index contributed by atoms with van der Waals surface area (Å²) in [6.45, 7) is 4.10. The number of esters is 1. The van der Waals surface area contributed by atoms with E-state index in [9.17, 15) is 9.69 Å². The molecule has 0 radical (unpaired) electrons. The van der Waals surface area contributed by atoms with Crippen molar-refractivity contribution in [1.82, 2.24) is 19.5 Å². The van der Waals surface area contributed by atoms with Gasteiger partial charge in [-0.15, -0.1) is 0 Å². The van der Waals surface area contributed by atoms with Gasteiger partial charge in [0.2, 0.25) is 5.75 Å². The SMILES string of the molecule is COCCOC(=O)[C@H](C)N=[P+]([O-])Oc1ccccc1O[C@H](C)Cn1cnc2c(N)ncnc21. The number of aromatic nitrogens is 4. The molecular formula is C20H25N6O6P. The van der Waals surface area contributed by atoms with Gasteiger partial charge in [-0.3, -0.25) is 4.52 Å². The van der Waals surface area contributed by atoms with Crippen molar-refractivity contribution >= 4 is 31.1 Å². The van der Waals surface area contributed by atoms with E-state index in [-0.39, 0.29) is 25.1 Å². The van der Waals surface area contributed by atoms with Crippen LogP contribution >= 0.6 is 8.17 Å². The molecule has 3 aromatic rings. The Kier molecular flexibility index (Phi) is 8.47. The quantitative estimate of drug-likeness (QED) is 0.245. The van der Waals surface area contributed by atoms with Gasteiger partial charge in [0.1, 0.15) is 24.6 Å². The molecule has 0 saturated heterocycles. The third-order valence-electron chi connectivity index (χ3n) is 4.38. The number of nitrogens with two attached hydrogens (primary N) is 1. The highest BCUT2D eigenvalue weighted by Crippen LogP contribution is 2.34. The number of hydrogen-bond acceptors (Lipinski definition) is 11. The van der Waals surface area contributed by atoms with Crippen molar-refractivity contribution < 1.29 is 28.4 Å². The van der Waals surface area contributed by atoms with Gasteiger partial charge in [-0.1, -0.05) is 16.9 Å². The minimum absolute atomic E-state index is 0.0895. The van der Waals surface area contributed by atoms with E-state index in [1.165, 1.54) is 20.4 Å². The fraction of sp³-hybridized carbons (Fsp3) is 0.400. The summed E-state index contributed by atoms with van der Waals surface area (Å²) in [7, 11) is -1.04. The molecule has 0 aliphatic rings. The van der Waals surface area contributed by atoms with E-state index in [0.29, 0.717) is 29.3 Å². The first-order valence-corrected chi connectivity index (χ1v) is 11.2. The average molecular weight is 476 g/mol. The van der Waals surface area contributed by atoms with Crippen molar-refractivity contribution in [2.75, 3.05) is 26.1 Å². The highest BCUT2D eigenvalue weighted by atomic mass is 31.1. The van der Waals surface area contributed by atoms with Crippen LogP contribution in [0.1, 0.15) is 13.8 Å². The Labute approximate surface area is 191 Å². The number of ether oxygens (including phenoxy) is 3. The van der Waals surface area contributed by atoms with Crippen LogP contribution in [0.3, 0.4) is 0 Å². The minimum Gasteiger partial charge on any atom is -0.575 e. The Bertz CT molecular complexity index is 1120. The lowest BCUT2D eigenvalue weighted by atomic mass is 10.3. The number of carbonyl (C=O) groups excluding carboxylic acids is 1. The number of nitrogens with zero attached hydrogens (tertiary/aromatic N) is 5. The number of para-hydroxylation sites is 2. The molecule has 2 aromatic heterocycles. The standard InChI is InChI=1S/C20H25N6O6P/c1-13(10-26-12-24-17-18(21)22-11-23-19(17)26)31-15-6-4-5-7-16(15)32-33(28)25-14(2)20(27)30-9-8-29-3/h4-7,11-14H,8-10H2,1-3H3,(H2,21,22,23)/t13-,14+/m1/s1. The molecule has 2 heterocycles. The Morgan fingerprint density at radius 2 is 1.97 bits per heavy atom. The number of rotatable bonds is 11. The van der Waals surface area contributed by atoms with Gasteiger partial charge in [0.15, 0.2) is 23.3 Å². The maximum atomic E-state index is 12.4. The highest BCUT2D eigenvalue weighted by molar-refractivity contribution is 7.34. The van der Waals surface area contributed by atoms with Gasteiger partial charge in [-0.2, -0.15) is 0 Å². The minimum atomic E-state index is -2.54. The molecule has 1 aromatic carbocycles. The maximum absolute atomic E-state index is 12.4. The fourth-order valence-corrected chi connectivity index (χ4v) is 3.57. The zero-order chi connectivity index (χ0) is 23.8. The predicted molar refractivity (Wildman–Crippen MR) is 119 cm³/mol. The van der Waals surface area contributed by atoms with Gasteiger partial charge in [-0.25, -0.2) is 19.7 Å². The molecule has 33 heavy (non-hydrogen) atoms. The first-order valence-electron chi connectivity index (χ1n) is 10.1. The zero-order valence-corrected chi connectivity index (χ0v) is 19.3. The Morgan fingerprint density at radius 1 is 1.21 bits per heavy atom. The van der Waals surface area contributed by atoms with Crippen LogP contribution < -0.4 is 19.9 Å². The molecule has 0 amide bonds. The number of benzene rings is 1. The van der Waals surface area contributed by atoms with Crippen LogP contribution in [-0.2, 0) is 20.8 Å². The summed E-state index contributed by atoms with van der Waals surface area (Å²) in [5, 5.41) is 0. The van der Waals surface area contributed by atoms with Crippen molar-refractivity contribution in [2.45, 2.75) is 32.5 Å². The van der Waals surface area contributed by atoms with Gasteiger partial charge in [0, 0.05) is 7.11 Å². The van der Waals surface area contributed by atoms with Crippen LogP contribution in [0, 0.1) is 0 Å². The summed E-state index contributed by atoms with van der Waals surface area (Å²) in [4.78, 5) is 36.6. The lowest BCUT2D eigenvalue weighted by molar-refractivity contribution is -0.169. The van der Waals surface area contributed by atoms with Crippen molar-refractivity contribution in [3.05, 3.63) is 36.9 Å². The van der Waals surface area contributed by atoms with Crippen molar-refractivity contribution in [1.29, 1.82) is 0 Å². The lowest BCUT2D eigenvalue weighted by Crippen LogP contribution is -2.20. The zero-order valence-electron chi connectivity index (χ0n) is 18.5. The molecule has 0 fully saturated rings. The summed E-state index contributed by atoms with van der Waals surface area (Å²) in [5.41, 5.74) is 6.94. The summed E-state index contributed by atoms with van der Waals surface area (Å²) in [5.74, 6) is 0.290. The van der Waals surface area contributed by atoms with Gasteiger partial charge >= 0.3 is 14.1 Å². The molecule has 3 rings (SSSR count). The topological polar surface area (TPSA) is 159 Å². The van der Waals surface area contributed by atoms with Gasteiger partial charge in [-0.05, 0) is 26.0 Å². The molecule has 0 aliphatic heterocycles. The number of carbonyl (C=O) groups is 1. The molecule has 3 atom stereocenters. The van der Waals surface area contributed by atoms with E-state index in [4.69, 9.17) is 24.5 Å². The predicted octanol–water partition coefficient (Wildman–Crippen LogP) is 1.69. The number of imidazole rings is 1. The Hall–Kier alpha value is -3.34. The monoisotopic (exact) mass is 476 g/mol. The van der Waals surface area contributed by atoms with E-state index in [2.05, 4.69) is 19.7 Å². The van der Waals surface area contributed by atoms with Crippen LogP contribution in [-0.4, -0.2) is 58.0 Å². The summed E-state index contributed by atoms with van der Waals surface area (Å²) in [6.07, 6.45) is 2.66. The molecule has 0 bridgehead atoms. The molecule has 0 aliphatic carbocycles.